The Morgan fingerprint density at radius 3 is 2.79 bits per heavy atom. The van der Waals surface area contributed by atoms with Gasteiger partial charge in [0, 0.05) is 32.2 Å². The molecular formula is C18H20FN5O5. The average Bonchev–Trinajstić information content (AvgIpc) is 3.36. The van der Waals surface area contributed by atoms with Gasteiger partial charge in [0.1, 0.15) is 18.2 Å². The van der Waals surface area contributed by atoms with Crippen molar-refractivity contribution >= 4 is 29.4 Å². The summed E-state index contributed by atoms with van der Waals surface area (Å²) in [6.45, 7) is 2.95. The number of carboxylic acid groups (broad SMARTS) is 1. The first-order chi connectivity index (χ1) is 14.0. The molecule has 2 saturated heterocycles. The number of carbonyl (C=O) groups is 2. The molecule has 10 nitrogen and oxygen atoms in total. The van der Waals surface area contributed by atoms with Crippen LogP contribution in [0.3, 0.4) is 0 Å². The van der Waals surface area contributed by atoms with Crippen molar-refractivity contribution in [3.05, 3.63) is 36.3 Å². The normalized spacial score (nSPS) is 19.3. The largest absolute Gasteiger partial charge is 0.465 e. The average molecular weight is 405 g/mol. The second kappa shape index (κ2) is 7.95. The van der Waals surface area contributed by atoms with E-state index in [1.165, 1.54) is 23.3 Å². The van der Waals surface area contributed by atoms with Gasteiger partial charge in [-0.05, 0) is 18.2 Å². The summed E-state index contributed by atoms with van der Waals surface area (Å²) >= 11 is 0. The smallest absolute Gasteiger partial charge is 0.414 e. The van der Waals surface area contributed by atoms with E-state index < -0.39 is 24.1 Å². The maximum atomic E-state index is 14.7. The Morgan fingerprint density at radius 2 is 2.14 bits per heavy atom. The minimum absolute atomic E-state index is 0.0902. The molecule has 1 aromatic heterocycles. The fourth-order valence-corrected chi connectivity index (χ4v) is 3.47. The number of ether oxygens (including phenoxy) is 1. The number of nitrogens with one attached hydrogen (secondary N) is 1. The number of hydrogen-bond acceptors (Lipinski definition) is 7. The highest BCUT2D eigenvalue weighted by molar-refractivity contribution is 5.90. The number of halogens is 1. The first kappa shape index (κ1) is 19.0. The lowest BCUT2D eigenvalue weighted by Gasteiger charge is -2.30. The van der Waals surface area contributed by atoms with Crippen LogP contribution in [0.4, 0.5) is 31.2 Å². The van der Waals surface area contributed by atoms with Crippen LogP contribution in [0.15, 0.2) is 35.1 Å². The second-order valence-electron chi connectivity index (χ2n) is 6.74. The molecule has 2 aliphatic heterocycles. The van der Waals surface area contributed by atoms with E-state index in [1.54, 1.807) is 12.1 Å². The number of carbonyl (C=O) groups excluding carboxylic acids is 1. The van der Waals surface area contributed by atoms with E-state index in [9.17, 15) is 19.1 Å². The Morgan fingerprint density at radius 1 is 1.34 bits per heavy atom. The molecule has 0 aliphatic carbocycles. The Bertz CT molecular complexity index is 887. The van der Waals surface area contributed by atoms with Crippen LogP contribution < -0.4 is 20.0 Å². The number of benzene rings is 1. The fraction of sp³-hybridized carbons (Fsp3) is 0.389. The fourth-order valence-electron chi connectivity index (χ4n) is 3.47. The monoisotopic (exact) mass is 405 g/mol. The summed E-state index contributed by atoms with van der Waals surface area (Å²) in [6.07, 6.45) is -1.39. The van der Waals surface area contributed by atoms with Gasteiger partial charge in [0.15, 0.2) is 5.82 Å². The van der Waals surface area contributed by atoms with Gasteiger partial charge in [-0.3, -0.25) is 9.80 Å². The summed E-state index contributed by atoms with van der Waals surface area (Å²) < 4.78 is 24.6. The molecule has 3 heterocycles. The third kappa shape index (κ3) is 3.94. The van der Waals surface area contributed by atoms with E-state index in [2.05, 4.69) is 15.0 Å². The van der Waals surface area contributed by atoms with Gasteiger partial charge in [0.2, 0.25) is 0 Å². The zero-order valence-electron chi connectivity index (χ0n) is 15.5. The summed E-state index contributed by atoms with van der Waals surface area (Å²) in [4.78, 5) is 27.9. The van der Waals surface area contributed by atoms with Crippen LogP contribution in [-0.2, 0) is 4.74 Å². The maximum Gasteiger partial charge on any atom is 0.414 e. The molecule has 0 radical (unpaired) electrons. The molecule has 11 heteroatoms. The van der Waals surface area contributed by atoms with E-state index in [1.807, 2.05) is 4.90 Å². The number of amides is 2. The second-order valence-corrected chi connectivity index (χ2v) is 6.74. The van der Waals surface area contributed by atoms with Crippen molar-refractivity contribution in [3.63, 3.8) is 0 Å². The predicted octanol–water partition coefficient (Wildman–Crippen LogP) is 1.73. The quantitative estimate of drug-likeness (QED) is 0.774. The summed E-state index contributed by atoms with van der Waals surface area (Å²) in [5, 5.41) is 16.2. The van der Waals surface area contributed by atoms with Crippen LogP contribution in [0, 0.1) is 5.82 Å². The summed E-state index contributed by atoms with van der Waals surface area (Å²) in [5.41, 5.74) is 0.847. The molecule has 0 saturated carbocycles. The predicted molar refractivity (Wildman–Crippen MR) is 101 cm³/mol. The molecule has 2 fully saturated rings. The van der Waals surface area contributed by atoms with Gasteiger partial charge >= 0.3 is 12.2 Å². The first-order valence-electron chi connectivity index (χ1n) is 9.17. The highest BCUT2D eigenvalue weighted by Crippen LogP contribution is 2.28. The Labute approximate surface area is 165 Å². The Hall–Kier alpha value is -3.34. The number of hydrogen-bond donors (Lipinski definition) is 2. The van der Waals surface area contributed by atoms with E-state index in [4.69, 9.17) is 4.74 Å². The topological polar surface area (TPSA) is 111 Å². The van der Waals surface area contributed by atoms with E-state index in [-0.39, 0.29) is 18.9 Å². The van der Waals surface area contributed by atoms with Crippen LogP contribution in [0.25, 0.3) is 0 Å². The third-order valence-corrected chi connectivity index (χ3v) is 4.89. The molecule has 2 amide bonds. The molecule has 1 aromatic carbocycles. The number of piperazine rings is 1. The van der Waals surface area contributed by atoms with Crippen LogP contribution in [0.2, 0.25) is 0 Å². The van der Waals surface area contributed by atoms with E-state index in [0.717, 1.165) is 18.0 Å². The van der Waals surface area contributed by atoms with Gasteiger partial charge in [0.25, 0.3) is 0 Å². The molecule has 2 aliphatic rings. The zero-order valence-corrected chi connectivity index (χ0v) is 15.5. The van der Waals surface area contributed by atoms with Crippen molar-refractivity contribution in [1.29, 1.82) is 0 Å². The molecule has 0 bridgehead atoms. The SMILES string of the molecule is O=C1OC(CN(C(=O)O)c2ccon2)CN1c1ccc(N2CCNCC2)c(F)c1. The van der Waals surface area contributed by atoms with Crippen molar-refractivity contribution in [2.24, 2.45) is 0 Å². The Balaban J connectivity index is 1.46. The third-order valence-electron chi connectivity index (χ3n) is 4.89. The highest BCUT2D eigenvalue weighted by atomic mass is 19.1. The van der Waals surface area contributed by atoms with Gasteiger partial charge in [-0.15, -0.1) is 0 Å². The van der Waals surface area contributed by atoms with Gasteiger partial charge < -0.3 is 24.6 Å². The lowest BCUT2D eigenvalue weighted by Crippen LogP contribution is -2.43. The highest BCUT2D eigenvalue weighted by Gasteiger charge is 2.35. The minimum atomic E-state index is -1.25. The molecule has 2 aromatic rings. The molecule has 154 valence electrons. The number of rotatable bonds is 5. The standard InChI is InChI=1S/C18H20FN5O5/c19-14-9-12(1-2-15(14)22-6-4-20-5-7-22)23-10-13(29-18(23)27)11-24(17(25)26)16-3-8-28-21-16/h1-3,8-9,13,20H,4-7,10-11H2,(H,25,26). The first-order valence-corrected chi connectivity index (χ1v) is 9.17. The van der Waals surface area contributed by atoms with Crippen molar-refractivity contribution in [1.82, 2.24) is 10.5 Å². The summed E-state index contributed by atoms with van der Waals surface area (Å²) in [5.74, 6) is -0.325. The zero-order chi connectivity index (χ0) is 20.4. The van der Waals surface area contributed by atoms with Crippen molar-refractivity contribution in [2.45, 2.75) is 6.10 Å². The minimum Gasteiger partial charge on any atom is -0.465 e. The molecule has 1 unspecified atom stereocenters. The van der Waals surface area contributed by atoms with Crippen LogP contribution in [0.1, 0.15) is 0 Å². The number of nitrogens with zero attached hydrogens (tertiary/aromatic N) is 4. The number of anilines is 3. The number of cyclic esters (lactones) is 1. The van der Waals surface area contributed by atoms with Crippen LogP contribution >= 0.6 is 0 Å². The van der Waals surface area contributed by atoms with E-state index in [0.29, 0.717) is 24.5 Å². The van der Waals surface area contributed by atoms with Crippen molar-refractivity contribution in [3.8, 4) is 0 Å². The molecule has 1 atom stereocenters. The molecule has 29 heavy (non-hydrogen) atoms. The summed E-state index contributed by atoms with van der Waals surface area (Å²) in [6, 6.07) is 6.01. The molecule has 0 spiro atoms. The van der Waals surface area contributed by atoms with Crippen LogP contribution in [0.5, 0.6) is 0 Å². The molecule has 2 N–H and O–H groups in total. The van der Waals surface area contributed by atoms with Gasteiger partial charge in [0.05, 0.1) is 24.5 Å². The van der Waals surface area contributed by atoms with Crippen LogP contribution in [-0.4, -0.2) is 67.8 Å². The number of aromatic nitrogens is 1. The van der Waals surface area contributed by atoms with Gasteiger partial charge in [-0.2, -0.15) is 0 Å². The van der Waals surface area contributed by atoms with Crippen molar-refractivity contribution in [2.75, 3.05) is 54.0 Å². The lowest BCUT2D eigenvalue weighted by atomic mass is 10.2. The lowest BCUT2D eigenvalue weighted by molar-refractivity contribution is 0.141. The maximum absolute atomic E-state index is 14.7. The van der Waals surface area contributed by atoms with Crippen molar-refractivity contribution < 1.29 is 28.3 Å². The van der Waals surface area contributed by atoms with E-state index >= 15 is 0 Å². The molecular weight excluding hydrogens is 385 g/mol. The summed E-state index contributed by atoms with van der Waals surface area (Å²) in [7, 11) is 0. The van der Waals surface area contributed by atoms with Gasteiger partial charge in [-0.25, -0.2) is 14.0 Å². The molecule has 4 rings (SSSR count). The van der Waals surface area contributed by atoms with Gasteiger partial charge in [-0.1, -0.05) is 5.16 Å². The Kier molecular flexibility index (Phi) is 5.21.